The highest BCUT2D eigenvalue weighted by Gasteiger charge is 2.22. The first-order chi connectivity index (χ1) is 11.6. The molecule has 0 fully saturated rings. The topological polar surface area (TPSA) is 32.8 Å². The molecule has 0 N–H and O–H groups in total. The van der Waals surface area contributed by atoms with Gasteiger partial charge in [-0.25, -0.2) is 0 Å². The van der Waals surface area contributed by atoms with Gasteiger partial charge in [0.15, 0.2) is 0 Å². The van der Waals surface area contributed by atoms with E-state index in [4.69, 9.17) is 4.74 Å². The van der Waals surface area contributed by atoms with Gasteiger partial charge in [-0.1, -0.05) is 24.3 Å². The number of methoxy groups -OCH3 is 1. The van der Waals surface area contributed by atoms with Gasteiger partial charge in [-0.3, -0.25) is 9.69 Å². The van der Waals surface area contributed by atoms with Gasteiger partial charge in [-0.15, -0.1) is 0 Å². The van der Waals surface area contributed by atoms with Crippen molar-refractivity contribution < 1.29 is 9.53 Å². The molecule has 0 radical (unpaired) electrons. The molecule has 4 nitrogen and oxygen atoms in total. The predicted molar refractivity (Wildman–Crippen MR) is 102 cm³/mol. The van der Waals surface area contributed by atoms with Crippen LogP contribution in [0, 0.1) is 0 Å². The molecular weight excluding hydrogens is 320 g/mol. The number of thioether (sulfide) groups is 1. The lowest BCUT2D eigenvalue weighted by molar-refractivity contribution is -0.131. The molecule has 1 amide bonds. The smallest absolute Gasteiger partial charge is 0.227 e. The van der Waals surface area contributed by atoms with Crippen molar-refractivity contribution in [2.24, 2.45) is 0 Å². The molecule has 1 heterocycles. The van der Waals surface area contributed by atoms with Crippen molar-refractivity contribution >= 4 is 17.7 Å². The summed E-state index contributed by atoms with van der Waals surface area (Å²) in [5.74, 6) is 2.07. The minimum Gasteiger partial charge on any atom is -0.497 e. The Morgan fingerprint density at radius 2 is 1.96 bits per heavy atom. The van der Waals surface area contributed by atoms with Gasteiger partial charge < -0.3 is 9.64 Å². The highest BCUT2D eigenvalue weighted by Crippen LogP contribution is 2.15. The lowest BCUT2D eigenvalue weighted by Gasteiger charge is -2.31. The standard InChI is InChI=1S/C19H28N2O2S/c1-20(17(10-13-24-3)15-21-11-4-5-12-21)19(22)14-16-6-8-18(23-2)9-7-16/h4-9,17H,10-15H2,1-3H3/t17-/m0/s1. The van der Waals surface area contributed by atoms with Gasteiger partial charge in [0.25, 0.3) is 0 Å². The first-order valence-electron chi connectivity index (χ1n) is 8.39. The first-order valence-corrected chi connectivity index (χ1v) is 9.78. The van der Waals surface area contributed by atoms with Crippen LogP contribution in [0.15, 0.2) is 36.4 Å². The van der Waals surface area contributed by atoms with E-state index in [1.54, 1.807) is 7.11 Å². The van der Waals surface area contributed by atoms with Crippen molar-refractivity contribution in [3.8, 4) is 5.75 Å². The Kier molecular flexibility index (Phi) is 7.66. The highest BCUT2D eigenvalue weighted by molar-refractivity contribution is 7.98. The Labute approximate surface area is 149 Å². The first kappa shape index (κ1) is 18.9. The Morgan fingerprint density at radius 1 is 1.29 bits per heavy atom. The molecule has 1 atom stereocenters. The van der Waals surface area contributed by atoms with Crippen LogP contribution in [-0.2, 0) is 11.2 Å². The Hall–Kier alpha value is -1.46. The van der Waals surface area contributed by atoms with Crippen LogP contribution >= 0.6 is 11.8 Å². The number of amides is 1. The van der Waals surface area contributed by atoms with Gasteiger partial charge in [-0.2, -0.15) is 11.8 Å². The second-order valence-corrected chi connectivity index (χ2v) is 7.14. The number of likely N-dealkylation sites (N-methyl/N-ethyl adjacent to an activating group) is 1. The van der Waals surface area contributed by atoms with Crippen LogP contribution < -0.4 is 4.74 Å². The van der Waals surface area contributed by atoms with Crippen molar-refractivity contribution in [3.63, 3.8) is 0 Å². The number of hydrogen-bond acceptors (Lipinski definition) is 4. The second kappa shape index (κ2) is 9.74. The molecule has 0 saturated carbocycles. The molecule has 1 aliphatic heterocycles. The Balaban J connectivity index is 1.94. The van der Waals surface area contributed by atoms with Gasteiger partial charge in [0, 0.05) is 32.7 Å². The van der Waals surface area contributed by atoms with Gasteiger partial charge in [0.2, 0.25) is 5.91 Å². The minimum absolute atomic E-state index is 0.179. The molecule has 24 heavy (non-hydrogen) atoms. The average molecular weight is 349 g/mol. The maximum absolute atomic E-state index is 12.7. The Morgan fingerprint density at radius 3 is 2.54 bits per heavy atom. The third-order valence-corrected chi connectivity index (χ3v) is 5.12. The number of carbonyl (C=O) groups is 1. The normalized spacial score (nSPS) is 15.5. The monoisotopic (exact) mass is 348 g/mol. The summed E-state index contributed by atoms with van der Waals surface area (Å²) in [5, 5.41) is 0. The zero-order valence-corrected chi connectivity index (χ0v) is 15.7. The number of hydrogen-bond donors (Lipinski definition) is 0. The van der Waals surface area contributed by atoms with E-state index in [2.05, 4.69) is 23.3 Å². The quantitative estimate of drug-likeness (QED) is 0.643. The summed E-state index contributed by atoms with van der Waals surface area (Å²) >= 11 is 1.84. The van der Waals surface area contributed by atoms with E-state index in [0.29, 0.717) is 6.42 Å². The zero-order chi connectivity index (χ0) is 17.4. The summed E-state index contributed by atoms with van der Waals surface area (Å²) in [6, 6.07) is 8.01. The van der Waals surface area contributed by atoms with Crippen LogP contribution in [0.1, 0.15) is 12.0 Å². The number of rotatable bonds is 9. The summed E-state index contributed by atoms with van der Waals surface area (Å²) in [6.07, 6.45) is 7.99. The van der Waals surface area contributed by atoms with Crippen molar-refractivity contribution in [1.82, 2.24) is 9.80 Å². The molecular formula is C19H28N2O2S. The Bertz CT molecular complexity index is 537. The third-order valence-electron chi connectivity index (χ3n) is 4.47. The van der Waals surface area contributed by atoms with Crippen molar-refractivity contribution in [1.29, 1.82) is 0 Å². The SMILES string of the molecule is COc1ccc(CC(=O)N(C)[C@@H](CCSC)CN2CC=CC2)cc1. The molecule has 132 valence electrons. The van der Waals surface area contributed by atoms with Crippen LogP contribution in [-0.4, -0.2) is 67.5 Å². The van der Waals surface area contributed by atoms with Gasteiger partial charge >= 0.3 is 0 Å². The number of benzene rings is 1. The second-order valence-electron chi connectivity index (χ2n) is 6.15. The number of ether oxygens (including phenoxy) is 1. The van der Waals surface area contributed by atoms with E-state index < -0.39 is 0 Å². The molecule has 0 spiro atoms. The third kappa shape index (κ3) is 5.56. The van der Waals surface area contributed by atoms with Gasteiger partial charge in [0.1, 0.15) is 5.75 Å². The molecule has 2 rings (SSSR count). The fraction of sp³-hybridized carbons (Fsp3) is 0.526. The average Bonchev–Trinajstić information content (AvgIpc) is 3.11. The van der Waals surface area contributed by atoms with E-state index in [-0.39, 0.29) is 11.9 Å². The molecule has 0 saturated heterocycles. The lowest BCUT2D eigenvalue weighted by Crippen LogP contribution is -2.45. The maximum atomic E-state index is 12.7. The number of carbonyl (C=O) groups excluding carboxylic acids is 1. The lowest BCUT2D eigenvalue weighted by atomic mass is 10.1. The summed E-state index contributed by atoms with van der Waals surface area (Å²) in [7, 11) is 3.60. The van der Waals surface area contributed by atoms with Crippen LogP contribution in [0.3, 0.4) is 0 Å². The summed E-state index contributed by atoms with van der Waals surface area (Å²) in [6.45, 7) is 2.94. The molecule has 1 aromatic carbocycles. The zero-order valence-electron chi connectivity index (χ0n) is 14.9. The van der Waals surface area contributed by atoms with E-state index in [1.165, 1.54) is 0 Å². The molecule has 0 bridgehead atoms. The molecule has 0 aliphatic carbocycles. The minimum atomic E-state index is 0.179. The predicted octanol–water partition coefficient (Wildman–Crippen LogP) is 2.69. The van der Waals surface area contributed by atoms with Crippen LogP contribution in [0.4, 0.5) is 0 Å². The summed E-state index contributed by atoms with van der Waals surface area (Å²) in [5.41, 5.74) is 1.03. The van der Waals surface area contributed by atoms with E-state index in [9.17, 15) is 4.79 Å². The van der Waals surface area contributed by atoms with E-state index in [1.807, 2.05) is 48.0 Å². The van der Waals surface area contributed by atoms with Crippen molar-refractivity contribution in [2.45, 2.75) is 18.9 Å². The summed E-state index contributed by atoms with van der Waals surface area (Å²) in [4.78, 5) is 17.0. The van der Waals surface area contributed by atoms with E-state index >= 15 is 0 Å². The van der Waals surface area contributed by atoms with Crippen LogP contribution in [0.25, 0.3) is 0 Å². The molecule has 5 heteroatoms. The van der Waals surface area contributed by atoms with Gasteiger partial charge in [-0.05, 0) is 36.1 Å². The largest absolute Gasteiger partial charge is 0.497 e. The fourth-order valence-corrected chi connectivity index (χ4v) is 3.38. The molecule has 1 aromatic rings. The van der Waals surface area contributed by atoms with E-state index in [0.717, 1.165) is 43.1 Å². The number of nitrogens with zero attached hydrogens (tertiary/aromatic N) is 2. The summed E-state index contributed by atoms with van der Waals surface area (Å²) < 4.78 is 5.17. The van der Waals surface area contributed by atoms with Crippen LogP contribution in [0.2, 0.25) is 0 Å². The highest BCUT2D eigenvalue weighted by atomic mass is 32.2. The fourth-order valence-electron chi connectivity index (χ4n) is 2.88. The molecule has 0 aromatic heterocycles. The molecule has 1 aliphatic rings. The van der Waals surface area contributed by atoms with Crippen LogP contribution in [0.5, 0.6) is 5.75 Å². The van der Waals surface area contributed by atoms with Crippen molar-refractivity contribution in [3.05, 3.63) is 42.0 Å². The van der Waals surface area contributed by atoms with Crippen molar-refractivity contribution in [2.75, 3.05) is 45.8 Å². The van der Waals surface area contributed by atoms with Gasteiger partial charge in [0.05, 0.1) is 13.5 Å². The molecule has 0 unspecified atom stereocenters. The maximum Gasteiger partial charge on any atom is 0.227 e.